The van der Waals surface area contributed by atoms with Crippen LogP contribution in [0.25, 0.3) is 0 Å². The van der Waals surface area contributed by atoms with Crippen molar-refractivity contribution in [3.05, 3.63) is 0 Å². The molecule has 2 unspecified atom stereocenters. The standard InChI is InChI=1S/C13H20ClN3O4.C11H19N3O3/c1-13(2,3)20-12(19)17-5-7-8(6-17)10(7)11(15)16-21-9(18)4-14;1-11(2,3)17-10(15)14-4-6-7(5-14)8(6)9(12)13-16/h7-8,10H,4-6H2,1-3H3,(H2,15,16);6-8,16H,4-5H2,1-3H3,(H2,12,13)/t7-,8+,10?;6-,7+,8?. The number of piperidine rings is 2. The second-order valence-corrected chi connectivity index (χ2v) is 12.4. The molecule has 13 nitrogen and oxygen atoms in total. The number of amides is 2. The first-order valence-electron chi connectivity index (χ1n) is 12.6. The van der Waals surface area contributed by atoms with Crippen LogP contribution >= 0.6 is 11.6 Å². The number of likely N-dealkylation sites (tertiary alicyclic amines) is 2. The Balaban J connectivity index is 0.000000215. The summed E-state index contributed by atoms with van der Waals surface area (Å²) in [5, 5.41) is 15.2. The van der Waals surface area contributed by atoms with Gasteiger partial charge < -0.3 is 40.8 Å². The van der Waals surface area contributed by atoms with Crippen LogP contribution in [0, 0.1) is 35.5 Å². The van der Waals surface area contributed by atoms with Gasteiger partial charge >= 0.3 is 18.2 Å². The topological polar surface area (TPSA) is 182 Å². The average molecular weight is 559 g/mol. The molecule has 2 aliphatic heterocycles. The molecular weight excluding hydrogens is 520 g/mol. The molecule has 6 atom stereocenters. The number of carbonyl (C=O) groups is 3. The molecule has 14 heteroatoms. The predicted molar refractivity (Wildman–Crippen MR) is 138 cm³/mol. The van der Waals surface area contributed by atoms with E-state index < -0.39 is 17.2 Å². The minimum atomic E-state index is -0.638. The molecule has 2 aliphatic carbocycles. The molecule has 4 rings (SSSR count). The number of nitrogens with two attached hydrogens (primary N) is 2. The number of amidine groups is 2. The fraction of sp³-hybridized carbons (Fsp3) is 0.792. The maximum atomic E-state index is 11.9. The van der Waals surface area contributed by atoms with E-state index in [1.54, 1.807) is 9.80 Å². The lowest BCUT2D eigenvalue weighted by Gasteiger charge is -2.25. The average Bonchev–Trinajstić information content (AvgIpc) is 3.52. The minimum Gasteiger partial charge on any atom is -0.444 e. The molecule has 2 saturated heterocycles. The van der Waals surface area contributed by atoms with Gasteiger partial charge in [-0.05, 0) is 65.2 Å². The Kier molecular flexibility index (Phi) is 8.59. The van der Waals surface area contributed by atoms with Gasteiger partial charge in [0.2, 0.25) is 0 Å². The summed E-state index contributed by atoms with van der Waals surface area (Å²) >= 11 is 5.29. The van der Waals surface area contributed by atoms with Gasteiger partial charge in [-0.3, -0.25) is 0 Å². The quantitative estimate of drug-likeness (QED) is 0.116. The first kappa shape index (κ1) is 29.6. The highest BCUT2D eigenvalue weighted by molar-refractivity contribution is 6.26. The summed E-state index contributed by atoms with van der Waals surface area (Å²) < 4.78 is 10.6. The summed E-state index contributed by atoms with van der Waals surface area (Å²) in [4.78, 5) is 42.5. The van der Waals surface area contributed by atoms with Crippen molar-refractivity contribution in [3.63, 3.8) is 0 Å². The number of nitrogens with zero attached hydrogens (tertiary/aromatic N) is 4. The Morgan fingerprint density at radius 1 is 0.816 bits per heavy atom. The monoisotopic (exact) mass is 558 g/mol. The van der Waals surface area contributed by atoms with E-state index >= 15 is 0 Å². The van der Waals surface area contributed by atoms with Crippen LogP contribution in [0.1, 0.15) is 41.5 Å². The number of fused-ring (bicyclic) bond motifs is 2. The van der Waals surface area contributed by atoms with Crippen LogP contribution in [-0.4, -0.2) is 88.1 Å². The van der Waals surface area contributed by atoms with Crippen molar-refractivity contribution in [3.8, 4) is 0 Å². The van der Waals surface area contributed by atoms with E-state index in [0.717, 1.165) is 0 Å². The molecule has 214 valence electrons. The number of rotatable bonds is 4. The van der Waals surface area contributed by atoms with Gasteiger partial charge in [-0.2, -0.15) is 0 Å². The zero-order valence-electron chi connectivity index (χ0n) is 22.7. The Hall–Kier alpha value is -2.96. The summed E-state index contributed by atoms with van der Waals surface area (Å²) in [7, 11) is 0. The normalized spacial score (nSPS) is 30.0. The van der Waals surface area contributed by atoms with Crippen molar-refractivity contribution in [2.45, 2.75) is 52.7 Å². The molecular formula is C24H39ClN6O7. The molecule has 2 saturated carbocycles. The van der Waals surface area contributed by atoms with Gasteiger partial charge in [-0.1, -0.05) is 10.3 Å². The van der Waals surface area contributed by atoms with E-state index in [4.69, 9.17) is 37.7 Å². The van der Waals surface area contributed by atoms with Gasteiger partial charge in [0.05, 0.1) is 0 Å². The molecule has 38 heavy (non-hydrogen) atoms. The lowest BCUT2D eigenvalue weighted by molar-refractivity contribution is -0.140. The molecule has 2 heterocycles. The van der Waals surface area contributed by atoms with Crippen LogP contribution in [0.2, 0.25) is 0 Å². The third-order valence-electron chi connectivity index (χ3n) is 6.85. The Labute approximate surface area is 227 Å². The van der Waals surface area contributed by atoms with Crippen molar-refractivity contribution < 1.29 is 33.9 Å². The third-order valence-corrected chi connectivity index (χ3v) is 7.07. The maximum absolute atomic E-state index is 11.9. The van der Waals surface area contributed by atoms with Gasteiger partial charge in [0.15, 0.2) is 0 Å². The fourth-order valence-corrected chi connectivity index (χ4v) is 5.19. The highest BCUT2D eigenvalue weighted by Gasteiger charge is 2.60. The maximum Gasteiger partial charge on any atom is 0.410 e. The molecule has 0 radical (unpaired) electrons. The van der Waals surface area contributed by atoms with Crippen LogP contribution in [0.3, 0.4) is 0 Å². The lowest BCUT2D eigenvalue weighted by atomic mass is 10.2. The summed E-state index contributed by atoms with van der Waals surface area (Å²) in [6, 6.07) is 0. The number of hydrogen-bond acceptors (Lipinski definition) is 9. The fourth-order valence-electron chi connectivity index (χ4n) is 5.14. The molecule has 4 fully saturated rings. The van der Waals surface area contributed by atoms with E-state index in [0.29, 0.717) is 38.0 Å². The first-order chi connectivity index (χ1) is 17.6. The number of halogens is 1. The molecule has 0 spiro atoms. The van der Waals surface area contributed by atoms with E-state index in [1.807, 2.05) is 41.5 Å². The zero-order chi connectivity index (χ0) is 28.6. The SMILES string of the molecule is CC(C)(C)OC(=O)N1C[C@@H]2C(/C(N)=N/O)[C@@H]2C1.CC(C)(C)OC(=O)N1C[C@@H]2C(/C(N)=N/OC(=O)CCl)[C@@H]2C1. The van der Waals surface area contributed by atoms with Gasteiger partial charge in [-0.25, -0.2) is 14.4 Å². The van der Waals surface area contributed by atoms with Crippen LogP contribution in [0.15, 0.2) is 10.3 Å². The Morgan fingerprint density at radius 3 is 1.50 bits per heavy atom. The van der Waals surface area contributed by atoms with Crippen molar-refractivity contribution in [1.82, 2.24) is 9.80 Å². The third kappa shape index (κ3) is 7.33. The summed E-state index contributed by atoms with van der Waals surface area (Å²) in [5.41, 5.74) is 10.4. The van der Waals surface area contributed by atoms with Crippen molar-refractivity contribution >= 4 is 41.4 Å². The molecule has 0 bridgehead atoms. The van der Waals surface area contributed by atoms with Gasteiger partial charge in [0.1, 0.15) is 28.8 Å². The van der Waals surface area contributed by atoms with Crippen molar-refractivity contribution in [1.29, 1.82) is 0 Å². The second kappa shape index (κ2) is 11.0. The lowest BCUT2D eigenvalue weighted by Crippen LogP contribution is -2.38. The highest BCUT2D eigenvalue weighted by Crippen LogP contribution is 2.52. The number of carbonyl (C=O) groups excluding carboxylic acids is 3. The number of oxime groups is 2. The number of ether oxygens (including phenoxy) is 2. The van der Waals surface area contributed by atoms with E-state index in [-0.39, 0.29) is 53.4 Å². The van der Waals surface area contributed by atoms with Crippen molar-refractivity contribution in [2.24, 2.45) is 57.3 Å². The van der Waals surface area contributed by atoms with Gasteiger partial charge in [0, 0.05) is 38.0 Å². The minimum absolute atomic E-state index is 0.0619. The predicted octanol–water partition coefficient (Wildman–Crippen LogP) is 2.00. The molecule has 0 aromatic heterocycles. The van der Waals surface area contributed by atoms with E-state index in [9.17, 15) is 14.4 Å². The molecule has 5 N–H and O–H groups in total. The van der Waals surface area contributed by atoms with Crippen LogP contribution in [0.5, 0.6) is 0 Å². The Bertz CT molecular complexity index is 968. The van der Waals surface area contributed by atoms with Gasteiger partial charge in [0.25, 0.3) is 0 Å². The van der Waals surface area contributed by atoms with Crippen LogP contribution in [0.4, 0.5) is 9.59 Å². The number of alkyl halides is 1. The smallest absolute Gasteiger partial charge is 0.410 e. The summed E-state index contributed by atoms with van der Waals surface area (Å²) in [5.74, 6) is 1.05. The highest BCUT2D eigenvalue weighted by atomic mass is 35.5. The summed E-state index contributed by atoms with van der Waals surface area (Å²) in [6.07, 6.45) is -0.583. The first-order valence-corrected chi connectivity index (χ1v) is 13.1. The molecule has 0 aromatic carbocycles. The second-order valence-electron chi connectivity index (χ2n) is 12.1. The Morgan fingerprint density at radius 2 is 1.18 bits per heavy atom. The van der Waals surface area contributed by atoms with E-state index in [2.05, 4.69) is 15.1 Å². The van der Waals surface area contributed by atoms with Gasteiger partial charge in [-0.15, -0.1) is 11.6 Å². The van der Waals surface area contributed by atoms with Crippen LogP contribution < -0.4 is 11.5 Å². The molecule has 4 aliphatic rings. The summed E-state index contributed by atoms with van der Waals surface area (Å²) in [6.45, 7) is 13.5. The molecule has 0 aromatic rings. The largest absolute Gasteiger partial charge is 0.444 e. The van der Waals surface area contributed by atoms with Crippen LogP contribution in [-0.2, 0) is 19.1 Å². The zero-order valence-corrected chi connectivity index (χ0v) is 23.5. The number of hydrogen-bond donors (Lipinski definition) is 3. The van der Waals surface area contributed by atoms with Crippen molar-refractivity contribution in [2.75, 3.05) is 32.1 Å². The molecule has 2 amide bonds. The van der Waals surface area contributed by atoms with E-state index in [1.165, 1.54) is 0 Å².